The molecule has 0 atom stereocenters. The van der Waals surface area contributed by atoms with Gasteiger partial charge in [-0.3, -0.25) is 4.98 Å². The molecule has 1 heterocycles. The van der Waals surface area contributed by atoms with Crippen molar-refractivity contribution in [3.05, 3.63) is 24.0 Å². The first-order valence-electron chi connectivity index (χ1n) is 7.25. The van der Waals surface area contributed by atoms with Gasteiger partial charge in [-0.25, -0.2) is 8.42 Å². The van der Waals surface area contributed by atoms with E-state index in [1.807, 2.05) is 0 Å². The van der Waals surface area contributed by atoms with E-state index in [1.54, 1.807) is 0 Å². The number of rotatable bonds is 4. The molecule has 0 N–H and O–H groups in total. The molecule has 4 nitrogen and oxygen atoms in total. The molecule has 0 saturated heterocycles. The van der Waals surface area contributed by atoms with Crippen molar-refractivity contribution in [1.29, 1.82) is 0 Å². The Hall–Kier alpha value is -1.59. The topological polar surface area (TPSA) is 50.3 Å². The van der Waals surface area contributed by atoms with Crippen LogP contribution in [-0.4, -0.2) is 30.3 Å². The van der Waals surface area contributed by atoms with Gasteiger partial charge in [0.15, 0.2) is 0 Å². The molecule has 0 aromatic carbocycles. The maximum Gasteiger partial charge on any atom is 0.417 e. The smallest absolute Gasteiger partial charge is 0.263 e. The Morgan fingerprint density at radius 2 is 1.96 bits per heavy atom. The van der Waals surface area contributed by atoms with E-state index >= 15 is 0 Å². The standard InChI is InChI=1S/C15H17F3N2O2S/c1-2-10-20(12-6-4-3-5-7-12)23(21,22)14-11-19-9-8-13(14)15(16,17)18/h1,8-9,11-12H,3-7,10H2. The molecule has 0 bridgehead atoms. The molecule has 1 aliphatic rings. The van der Waals surface area contributed by atoms with Crippen molar-refractivity contribution in [2.24, 2.45) is 0 Å². The lowest BCUT2D eigenvalue weighted by Crippen LogP contribution is -2.42. The number of alkyl halides is 3. The largest absolute Gasteiger partial charge is 0.417 e. The third-order valence-corrected chi connectivity index (χ3v) is 5.83. The van der Waals surface area contributed by atoms with Crippen molar-refractivity contribution in [2.75, 3.05) is 6.54 Å². The lowest BCUT2D eigenvalue weighted by Gasteiger charge is -2.32. The molecule has 1 fully saturated rings. The van der Waals surface area contributed by atoms with Crippen molar-refractivity contribution in [3.8, 4) is 12.3 Å². The van der Waals surface area contributed by atoms with E-state index in [2.05, 4.69) is 10.9 Å². The van der Waals surface area contributed by atoms with Gasteiger partial charge in [0.1, 0.15) is 4.90 Å². The summed E-state index contributed by atoms with van der Waals surface area (Å²) in [6, 6.07) is 0.299. The molecule has 1 aromatic heterocycles. The van der Waals surface area contributed by atoms with E-state index in [-0.39, 0.29) is 12.6 Å². The van der Waals surface area contributed by atoms with Gasteiger partial charge in [-0.05, 0) is 18.9 Å². The minimum atomic E-state index is -4.78. The van der Waals surface area contributed by atoms with E-state index in [4.69, 9.17) is 6.42 Å². The van der Waals surface area contributed by atoms with Crippen molar-refractivity contribution >= 4 is 10.0 Å². The highest BCUT2D eigenvalue weighted by atomic mass is 32.2. The SMILES string of the molecule is C#CCN(C1CCCCC1)S(=O)(=O)c1cnccc1C(F)(F)F. The third kappa shape index (κ3) is 3.85. The third-order valence-electron chi connectivity index (χ3n) is 3.91. The number of nitrogens with zero attached hydrogens (tertiary/aromatic N) is 2. The zero-order valence-corrected chi connectivity index (χ0v) is 13.2. The van der Waals surface area contributed by atoms with Crippen LogP contribution in [0.5, 0.6) is 0 Å². The molecule has 0 radical (unpaired) electrons. The summed E-state index contributed by atoms with van der Waals surface area (Å²) < 4.78 is 65.9. The lowest BCUT2D eigenvalue weighted by molar-refractivity contribution is -0.140. The van der Waals surface area contributed by atoms with Crippen LogP contribution in [0.1, 0.15) is 37.7 Å². The van der Waals surface area contributed by atoms with Gasteiger partial charge in [0.05, 0.1) is 12.1 Å². The van der Waals surface area contributed by atoms with Gasteiger partial charge in [-0.1, -0.05) is 25.2 Å². The number of hydrogen-bond acceptors (Lipinski definition) is 3. The van der Waals surface area contributed by atoms with Crippen LogP contribution in [0.2, 0.25) is 0 Å². The molecule has 1 saturated carbocycles. The first-order chi connectivity index (χ1) is 10.8. The highest BCUT2D eigenvalue weighted by molar-refractivity contribution is 7.89. The van der Waals surface area contributed by atoms with Crippen molar-refractivity contribution in [2.45, 2.75) is 49.2 Å². The van der Waals surface area contributed by atoms with Gasteiger partial charge >= 0.3 is 6.18 Å². The zero-order chi connectivity index (χ0) is 17.1. The molecule has 23 heavy (non-hydrogen) atoms. The summed E-state index contributed by atoms with van der Waals surface area (Å²) in [5.74, 6) is 2.24. The molecule has 0 amide bonds. The maximum atomic E-state index is 13.1. The van der Waals surface area contributed by atoms with E-state index in [9.17, 15) is 21.6 Å². The Kier molecular flexibility index (Phi) is 5.32. The maximum absolute atomic E-state index is 13.1. The van der Waals surface area contributed by atoms with Crippen LogP contribution in [0.3, 0.4) is 0 Å². The van der Waals surface area contributed by atoms with E-state index in [0.29, 0.717) is 18.9 Å². The number of hydrogen-bond donors (Lipinski definition) is 0. The van der Waals surface area contributed by atoms with Crippen molar-refractivity contribution in [1.82, 2.24) is 9.29 Å². The molecule has 1 aliphatic carbocycles. The summed E-state index contributed by atoms with van der Waals surface area (Å²) >= 11 is 0. The summed E-state index contributed by atoms with van der Waals surface area (Å²) in [7, 11) is -4.37. The predicted octanol–water partition coefficient (Wildman–Crippen LogP) is 3.06. The molecule has 8 heteroatoms. The fourth-order valence-electron chi connectivity index (χ4n) is 2.82. The highest BCUT2D eigenvalue weighted by Crippen LogP contribution is 2.36. The first kappa shape index (κ1) is 17.8. The normalized spacial score (nSPS) is 17.2. The second-order valence-electron chi connectivity index (χ2n) is 5.42. The van der Waals surface area contributed by atoms with Crippen LogP contribution in [0, 0.1) is 12.3 Å². The molecule has 0 aliphatic heterocycles. The van der Waals surface area contributed by atoms with Crippen molar-refractivity contribution < 1.29 is 21.6 Å². The van der Waals surface area contributed by atoms with Crippen LogP contribution in [0.25, 0.3) is 0 Å². The minimum Gasteiger partial charge on any atom is -0.263 e. The van der Waals surface area contributed by atoms with Crippen molar-refractivity contribution in [3.63, 3.8) is 0 Å². The van der Waals surface area contributed by atoms with Gasteiger partial charge in [0, 0.05) is 18.4 Å². The van der Waals surface area contributed by atoms with Gasteiger partial charge < -0.3 is 0 Å². The summed E-state index contributed by atoms with van der Waals surface area (Å²) in [6.45, 7) is -0.251. The fourth-order valence-corrected chi connectivity index (χ4v) is 4.57. The lowest BCUT2D eigenvalue weighted by atomic mass is 9.95. The summed E-state index contributed by atoms with van der Waals surface area (Å²) in [4.78, 5) is 2.72. The van der Waals surface area contributed by atoms with Gasteiger partial charge in [0.25, 0.3) is 0 Å². The van der Waals surface area contributed by atoms with E-state index < -0.39 is 26.7 Å². The monoisotopic (exact) mass is 346 g/mol. The molecule has 0 unspecified atom stereocenters. The number of aromatic nitrogens is 1. The Morgan fingerprint density at radius 1 is 1.30 bits per heavy atom. The fraction of sp³-hybridized carbons (Fsp3) is 0.533. The number of sulfonamides is 1. The van der Waals surface area contributed by atoms with Crippen LogP contribution < -0.4 is 0 Å². The molecule has 0 spiro atoms. The Bertz CT molecular complexity index is 689. The summed E-state index contributed by atoms with van der Waals surface area (Å²) in [5.41, 5.74) is -1.22. The average molecular weight is 346 g/mol. The number of halogens is 3. The predicted molar refractivity (Wildman–Crippen MR) is 78.8 cm³/mol. The molecular weight excluding hydrogens is 329 g/mol. The quantitative estimate of drug-likeness (QED) is 0.788. The van der Waals surface area contributed by atoms with Crippen LogP contribution in [-0.2, 0) is 16.2 Å². The molecular formula is C15H17F3N2O2S. The Balaban J connectivity index is 2.48. The van der Waals surface area contributed by atoms with Gasteiger partial charge in [-0.2, -0.15) is 17.5 Å². The molecule has 2 rings (SSSR count). The van der Waals surface area contributed by atoms with Gasteiger partial charge in [-0.15, -0.1) is 6.42 Å². The second kappa shape index (κ2) is 6.89. The molecule has 126 valence electrons. The number of pyridine rings is 1. The Morgan fingerprint density at radius 3 is 2.52 bits per heavy atom. The van der Waals surface area contributed by atoms with E-state index in [0.717, 1.165) is 36.0 Å². The van der Waals surface area contributed by atoms with Crippen LogP contribution >= 0.6 is 0 Å². The van der Waals surface area contributed by atoms with Gasteiger partial charge in [0.2, 0.25) is 10.0 Å². The second-order valence-corrected chi connectivity index (χ2v) is 7.27. The van der Waals surface area contributed by atoms with Crippen LogP contribution in [0.15, 0.2) is 23.4 Å². The molecule has 1 aromatic rings. The summed E-state index contributed by atoms with van der Waals surface area (Å²) in [5, 5.41) is 0. The van der Waals surface area contributed by atoms with E-state index in [1.165, 1.54) is 0 Å². The van der Waals surface area contributed by atoms with Crippen LogP contribution in [0.4, 0.5) is 13.2 Å². The Labute approximate surface area is 133 Å². The average Bonchev–Trinajstić information content (AvgIpc) is 2.52. The minimum absolute atomic E-state index is 0.251. The first-order valence-corrected chi connectivity index (χ1v) is 8.69. The highest BCUT2D eigenvalue weighted by Gasteiger charge is 2.40. The zero-order valence-electron chi connectivity index (χ0n) is 12.4. The summed E-state index contributed by atoms with van der Waals surface area (Å²) in [6.07, 6.45) is 5.98. The number of terminal acetylenes is 1.